The van der Waals surface area contributed by atoms with Crippen LogP contribution in [0.15, 0.2) is 0 Å². The van der Waals surface area contributed by atoms with Crippen LogP contribution < -0.4 is 5.32 Å². The molecule has 5 nitrogen and oxygen atoms in total. The van der Waals surface area contributed by atoms with Gasteiger partial charge in [0.05, 0.1) is 12.3 Å². The van der Waals surface area contributed by atoms with Crippen LogP contribution in [-0.2, 0) is 4.74 Å². The summed E-state index contributed by atoms with van der Waals surface area (Å²) >= 11 is 0. The minimum Gasteiger partial charge on any atom is -0.368 e. The Labute approximate surface area is 124 Å². The molecule has 21 heavy (non-hydrogen) atoms. The fourth-order valence-corrected chi connectivity index (χ4v) is 3.06. The summed E-state index contributed by atoms with van der Waals surface area (Å²) in [6, 6.07) is 0.542. The first-order valence-corrected chi connectivity index (χ1v) is 7.82. The molecule has 2 unspecified atom stereocenters. The Morgan fingerprint density at radius 1 is 1.43 bits per heavy atom. The molecule has 1 N–H and O–H groups in total. The SMILES string of the molecule is CCCNc1nc(C2CN3CCCC3CO2)nc(C)c1F. The van der Waals surface area contributed by atoms with Gasteiger partial charge in [-0.1, -0.05) is 6.92 Å². The molecule has 0 aliphatic carbocycles. The van der Waals surface area contributed by atoms with Crippen molar-refractivity contribution in [3.63, 3.8) is 0 Å². The van der Waals surface area contributed by atoms with E-state index in [0.29, 0.717) is 29.9 Å². The van der Waals surface area contributed by atoms with Crippen molar-refractivity contribution in [2.75, 3.05) is 31.6 Å². The van der Waals surface area contributed by atoms with Gasteiger partial charge in [0.15, 0.2) is 17.5 Å². The molecule has 0 radical (unpaired) electrons. The summed E-state index contributed by atoms with van der Waals surface area (Å²) in [7, 11) is 0. The van der Waals surface area contributed by atoms with Crippen molar-refractivity contribution in [3.05, 3.63) is 17.3 Å². The first-order chi connectivity index (χ1) is 10.2. The largest absolute Gasteiger partial charge is 0.368 e. The zero-order valence-electron chi connectivity index (χ0n) is 12.7. The summed E-state index contributed by atoms with van der Waals surface area (Å²) in [5.41, 5.74) is 0.380. The molecule has 0 saturated carbocycles. The third-order valence-electron chi connectivity index (χ3n) is 4.25. The lowest BCUT2D eigenvalue weighted by Crippen LogP contribution is -2.43. The van der Waals surface area contributed by atoms with Crippen molar-refractivity contribution < 1.29 is 9.13 Å². The van der Waals surface area contributed by atoms with Crippen LogP contribution in [0, 0.1) is 12.7 Å². The molecule has 2 fully saturated rings. The summed E-state index contributed by atoms with van der Waals surface area (Å²) in [5.74, 6) is 0.534. The van der Waals surface area contributed by atoms with Gasteiger partial charge in [-0.25, -0.2) is 14.4 Å². The van der Waals surface area contributed by atoms with Crippen molar-refractivity contribution >= 4 is 5.82 Å². The van der Waals surface area contributed by atoms with E-state index < -0.39 is 0 Å². The zero-order valence-corrected chi connectivity index (χ0v) is 12.7. The van der Waals surface area contributed by atoms with E-state index in [1.54, 1.807) is 6.92 Å². The molecule has 3 heterocycles. The average molecular weight is 294 g/mol. The number of rotatable bonds is 4. The van der Waals surface area contributed by atoms with E-state index in [1.807, 2.05) is 6.92 Å². The van der Waals surface area contributed by atoms with Gasteiger partial charge in [-0.15, -0.1) is 0 Å². The lowest BCUT2D eigenvalue weighted by molar-refractivity contribution is -0.0542. The maximum Gasteiger partial charge on any atom is 0.186 e. The molecule has 0 bridgehead atoms. The van der Waals surface area contributed by atoms with Crippen LogP contribution in [0.25, 0.3) is 0 Å². The number of morpholine rings is 1. The highest BCUT2D eigenvalue weighted by molar-refractivity contribution is 5.38. The van der Waals surface area contributed by atoms with Crippen LogP contribution in [0.1, 0.15) is 43.8 Å². The van der Waals surface area contributed by atoms with E-state index in [4.69, 9.17) is 4.74 Å². The van der Waals surface area contributed by atoms with Gasteiger partial charge in [-0.2, -0.15) is 0 Å². The number of hydrogen-bond acceptors (Lipinski definition) is 5. The fourth-order valence-electron chi connectivity index (χ4n) is 3.06. The van der Waals surface area contributed by atoms with Gasteiger partial charge in [0, 0.05) is 19.1 Å². The molecular weight excluding hydrogens is 271 g/mol. The van der Waals surface area contributed by atoms with Crippen LogP contribution in [0.3, 0.4) is 0 Å². The van der Waals surface area contributed by atoms with E-state index in [9.17, 15) is 4.39 Å². The van der Waals surface area contributed by atoms with E-state index in [-0.39, 0.29) is 11.9 Å². The lowest BCUT2D eigenvalue weighted by atomic mass is 10.2. The van der Waals surface area contributed by atoms with Gasteiger partial charge in [0.25, 0.3) is 0 Å². The summed E-state index contributed by atoms with van der Waals surface area (Å²) in [6.07, 6.45) is 3.21. The van der Waals surface area contributed by atoms with Crippen molar-refractivity contribution in [1.29, 1.82) is 0 Å². The Balaban J connectivity index is 1.79. The minimum absolute atomic E-state index is 0.152. The molecule has 2 aliphatic heterocycles. The predicted molar refractivity (Wildman–Crippen MR) is 78.8 cm³/mol. The number of fused-ring (bicyclic) bond motifs is 1. The number of hydrogen-bond donors (Lipinski definition) is 1. The Bertz CT molecular complexity index is 511. The molecule has 1 aromatic rings. The number of nitrogens with one attached hydrogen (secondary N) is 1. The molecule has 1 aromatic heterocycles. The molecule has 0 amide bonds. The van der Waals surface area contributed by atoms with E-state index >= 15 is 0 Å². The maximum atomic E-state index is 14.0. The van der Waals surface area contributed by atoms with Crippen molar-refractivity contribution in [3.8, 4) is 0 Å². The highest BCUT2D eigenvalue weighted by atomic mass is 19.1. The van der Waals surface area contributed by atoms with E-state index in [1.165, 1.54) is 12.8 Å². The second kappa shape index (κ2) is 6.23. The third-order valence-corrected chi connectivity index (χ3v) is 4.25. The monoisotopic (exact) mass is 294 g/mol. The second-order valence-electron chi connectivity index (χ2n) is 5.87. The number of nitrogens with zero attached hydrogens (tertiary/aromatic N) is 3. The molecule has 2 aliphatic rings. The first-order valence-electron chi connectivity index (χ1n) is 7.82. The van der Waals surface area contributed by atoms with Crippen molar-refractivity contribution in [1.82, 2.24) is 14.9 Å². The Morgan fingerprint density at radius 2 is 2.29 bits per heavy atom. The van der Waals surface area contributed by atoms with Crippen molar-refractivity contribution in [2.45, 2.75) is 45.3 Å². The molecule has 0 spiro atoms. The van der Waals surface area contributed by atoms with Gasteiger partial charge in [-0.3, -0.25) is 4.90 Å². The number of aromatic nitrogens is 2. The lowest BCUT2D eigenvalue weighted by Gasteiger charge is -2.34. The summed E-state index contributed by atoms with van der Waals surface area (Å²) < 4.78 is 20.0. The standard InChI is InChI=1S/C15H23FN4O/c1-3-6-17-15-13(16)10(2)18-14(19-15)12-8-20-7-4-5-11(20)9-21-12/h11-12H,3-9H2,1-2H3,(H,17,18,19). The van der Waals surface area contributed by atoms with Gasteiger partial charge < -0.3 is 10.1 Å². The molecule has 0 aromatic carbocycles. The number of halogens is 1. The molecular formula is C15H23FN4O. The van der Waals surface area contributed by atoms with Gasteiger partial charge in [-0.05, 0) is 32.7 Å². The average Bonchev–Trinajstić information content (AvgIpc) is 2.96. The number of aryl methyl sites for hydroxylation is 1. The Morgan fingerprint density at radius 3 is 3.10 bits per heavy atom. The molecule has 2 atom stereocenters. The fraction of sp³-hybridized carbons (Fsp3) is 0.733. The van der Waals surface area contributed by atoms with Crippen LogP contribution in [-0.4, -0.2) is 47.2 Å². The van der Waals surface area contributed by atoms with E-state index in [2.05, 4.69) is 20.2 Å². The Kier molecular flexibility index (Phi) is 4.35. The molecule has 2 saturated heterocycles. The van der Waals surface area contributed by atoms with Gasteiger partial charge in [0.2, 0.25) is 0 Å². The van der Waals surface area contributed by atoms with Crippen molar-refractivity contribution in [2.24, 2.45) is 0 Å². The first kappa shape index (κ1) is 14.7. The minimum atomic E-state index is -0.359. The van der Waals surface area contributed by atoms with E-state index in [0.717, 1.165) is 26.1 Å². The number of anilines is 1. The summed E-state index contributed by atoms with van der Waals surface area (Å²) in [5, 5.41) is 3.03. The van der Waals surface area contributed by atoms with Crippen LogP contribution >= 0.6 is 0 Å². The molecule has 6 heteroatoms. The number of ether oxygens (including phenoxy) is 1. The highest BCUT2D eigenvalue weighted by Crippen LogP contribution is 2.29. The van der Waals surface area contributed by atoms with Crippen LogP contribution in [0.4, 0.5) is 10.2 Å². The van der Waals surface area contributed by atoms with Gasteiger partial charge >= 0.3 is 0 Å². The zero-order chi connectivity index (χ0) is 14.8. The molecule has 3 rings (SSSR count). The quantitative estimate of drug-likeness (QED) is 0.923. The Hall–Kier alpha value is -1.27. The van der Waals surface area contributed by atoms with Crippen LogP contribution in [0.2, 0.25) is 0 Å². The predicted octanol–water partition coefficient (Wildman–Crippen LogP) is 2.28. The smallest absolute Gasteiger partial charge is 0.186 e. The second-order valence-corrected chi connectivity index (χ2v) is 5.87. The van der Waals surface area contributed by atoms with Crippen LogP contribution in [0.5, 0.6) is 0 Å². The van der Waals surface area contributed by atoms with Gasteiger partial charge in [0.1, 0.15) is 6.10 Å². The summed E-state index contributed by atoms with van der Waals surface area (Å²) in [6.45, 7) is 7.07. The third kappa shape index (κ3) is 3.01. The normalized spacial score (nSPS) is 25.9. The summed E-state index contributed by atoms with van der Waals surface area (Å²) in [4.78, 5) is 11.1. The topological polar surface area (TPSA) is 50.3 Å². The highest BCUT2D eigenvalue weighted by Gasteiger charge is 2.34. The molecule has 116 valence electrons. The maximum absolute atomic E-state index is 14.0.